The Morgan fingerprint density at radius 3 is 3.00 bits per heavy atom. The lowest BCUT2D eigenvalue weighted by Gasteiger charge is -2.16. The van der Waals surface area contributed by atoms with E-state index in [2.05, 4.69) is 24.1 Å². The molecular weight excluding hydrogens is 188 g/mol. The van der Waals surface area contributed by atoms with Gasteiger partial charge in [0.15, 0.2) is 0 Å². The molecule has 0 aliphatic rings. The molecule has 0 aromatic carbocycles. The van der Waals surface area contributed by atoms with E-state index in [9.17, 15) is 0 Å². The van der Waals surface area contributed by atoms with Crippen LogP contribution >= 0.6 is 0 Å². The highest BCUT2D eigenvalue weighted by Gasteiger charge is 2.05. The quantitative estimate of drug-likeness (QED) is 0.727. The van der Waals surface area contributed by atoms with E-state index in [0.29, 0.717) is 0 Å². The first kappa shape index (κ1) is 12.0. The Bertz CT molecular complexity index is 289. The van der Waals surface area contributed by atoms with E-state index in [1.807, 2.05) is 19.1 Å². The van der Waals surface area contributed by atoms with Crippen molar-refractivity contribution >= 4 is 0 Å². The summed E-state index contributed by atoms with van der Waals surface area (Å²) in [5, 5.41) is 3.33. The molecule has 0 radical (unpaired) electrons. The molecular formula is C12H20N2O. The maximum atomic E-state index is 5.77. The number of hydrogen-bond acceptors (Lipinski definition) is 3. The summed E-state index contributed by atoms with van der Waals surface area (Å²) in [6.07, 6.45) is 3.11. The molecule has 3 nitrogen and oxygen atoms in total. The van der Waals surface area contributed by atoms with Gasteiger partial charge in [0.2, 0.25) is 0 Å². The molecule has 0 bridgehead atoms. The smallest absolute Gasteiger partial charge is 0.140 e. The summed E-state index contributed by atoms with van der Waals surface area (Å²) in [5.41, 5.74) is 0.944. The minimum absolute atomic E-state index is 0.180. The number of aryl methyl sites for hydroxylation is 1. The first-order valence-electron chi connectivity index (χ1n) is 5.53. The molecule has 1 aromatic rings. The molecule has 1 unspecified atom stereocenters. The molecule has 0 aliphatic heterocycles. The van der Waals surface area contributed by atoms with Crippen LogP contribution in [0, 0.1) is 6.92 Å². The highest BCUT2D eigenvalue weighted by atomic mass is 16.5. The molecule has 0 aliphatic carbocycles. The molecule has 1 aromatic heterocycles. The predicted octanol–water partition coefficient (Wildman–Crippen LogP) is 2.16. The average molecular weight is 208 g/mol. The molecule has 0 amide bonds. The van der Waals surface area contributed by atoms with Crippen LogP contribution in [0.5, 0.6) is 5.75 Å². The number of aromatic nitrogens is 1. The lowest BCUT2D eigenvalue weighted by Crippen LogP contribution is -2.29. The first-order valence-corrected chi connectivity index (χ1v) is 5.53. The van der Waals surface area contributed by atoms with Crippen LogP contribution in [0.2, 0.25) is 0 Å². The fourth-order valence-corrected chi connectivity index (χ4v) is 1.33. The van der Waals surface area contributed by atoms with Crippen LogP contribution in [0.15, 0.2) is 18.3 Å². The molecule has 1 heterocycles. The van der Waals surface area contributed by atoms with Gasteiger partial charge in [-0.05, 0) is 38.9 Å². The molecule has 84 valence electrons. The highest BCUT2D eigenvalue weighted by Crippen LogP contribution is 2.14. The first-order chi connectivity index (χ1) is 7.24. The van der Waals surface area contributed by atoms with E-state index in [0.717, 1.165) is 31.0 Å². The summed E-state index contributed by atoms with van der Waals surface area (Å²) in [4.78, 5) is 4.18. The Morgan fingerprint density at radius 1 is 1.53 bits per heavy atom. The second-order valence-corrected chi connectivity index (χ2v) is 3.72. The molecule has 15 heavy (non-hydrogen) atoms. The molecule has 1 N–H and O–H groups in total. The zero-order chi connectivity index (χ0) is 11.1. The summed E-state index contributed by atoms with van der Waals surface area (Å²) >= 11 is 0. The average Bonchev–Trinajstić information content (AvgIpc) is 2.22. The summed E-state index contributed by atoms with van der Waals surface area (Å²) in [6, 6.07) is 3.85. The Labute approximate surface area is 91.9 Å². The molecule has 0 saturated heterocycles. The van der Waals surface area contributed by atoms with Gasteiger partial charge in [0.25, 0.3) is 0 Å². The lowest BCUT2D eigenvalue weighted by atomic mass is 10.3. The summed E-state index contributed by atoms with van der Waals surface area (Å²) in [5.74, 6) is 0.878. The standard InChI is InChI=1S/C12H20N2O/c1-4-7-13-9-10(2)15-12-6-5-8-14-11(12)3/h5-6,8,10,13H,4,7,9H2,1-3H3. The van der Waals surface area contributed by atoms with E-state index in [1.54, 1.807) is 6.20 Å². The molecule has 0 fully saturated rings. The van der Waals surface area contributed by atoms with Gasteiger partial charge in [-0.25, -0.2) is 0 Å². The van der Waals surface area contributed by atoms with Crippen LogP contribution in [0.1, 0.15) is 26.0 Å². The van der Waals surface area contributed by atoms with Crippen molar-refractivity contribution in [3.63, 3.8) is 0 Å². The SMILES string of the molecule is CCCNCC(C)Oc1cccnc1C. The van der Waals surface area contributed by atoms with Gasteiger partial charge < -0.3 is 10.1 Å². The number of ether oxygens (including phenoxy) is 1. The van der Waals surface area contributed by atoms with Gasteiger partial charge in [-0.3, -0.25) is 4.98 Å². The third kappa shape index (κ3) is 4.30. The number of nitrogens with one attached hydrogen (secondary N) is 1. The van der Waals surface area contributed by atoms with Crippen LogP contribution in [0.4, 0.5) is 0 Å². The minimum Gasteiger partial charge on any atom is -0.487 e. The monoisotopic (exact) mass is 208 g/mol. The Balaban J connectivity index is 2.37. The Kier molecular flexibility index (Phi) is 5.12. The van der Waals surface area contributed by atoms with Crippen LogP contribution in [-0.2, 0) is 0 Å². The van der Waals surface area contributed by atoms with Crippen LogP contribution < -0.4 is 10.1 Å². The van der Waals surface area contributed by atoms with Crippen molar-refractivity contribution in [1.82, 2.24) is 10.3 Å². The summed E-state index contributed by atoms with van der Waals surface area (Å²) in [6.45, 7) is 8.10. The van der Waals surface area contributed by atoms with Crippen molar-refractivity contribution in [2.24, 2.45) is 0 Å². The fraction of sp³-hybridized carbons (Fsp3) is 0.583. The van der Waals surface area contributed by atoms with Crippen molar-refractivity contribution in [2.75, 3.05) is 13.1 Å². The molecule has 0 spiro atoms. The molecule has 3 heteroatoms. The van der Waals surface area contributed by atoms with E-state index in [1.165, 1.54) is 0 Å². The van der Waals surface area contributed by atoms with Gasteiger partial charge in [0, 0.05) is 12.7 Å². The molecule has 1 atom stereocenters. The fourth-order valence-electron chi connectivity index (χ4n) is 1.33. The maximum absolute atomic E-state index is 5.77. The third-order valence-electron chi connectivity index (χ3n) is 2.15. The van der Waals surface area contributed by atoms with Crippen LogP contribution in [0.25, 0.3) is 0 Å². The van der Waals surface area contributed by atoms with Gasteiger partial charge in [-0.15, -0.1) is 0 Å². The van der Waals surface area contributed by atoms with Gasteiger partial charge in [-0.1, -0.05) is 6.92 Å². The van der Waals surface area contributed by atoms with E-state index in [-0.39, 0.29) is 6.10 Å². The largest absolute Gasteiger partial charge is 0.487 e. The summed E-state index contributed by atoms with van der Waals surface area (Å²) < 4.78 is 5.77. The van der Waals surface area contributed by atoms with E-state index >= 15 is 0 Å². The van der Waals surface area contributed by atoms with Gasteiger partial charge >= 0.3 is 0 Å². The van der Waals surface area contributed by atoms with Gasteiger partial charge in [0.1, 0.15) is 11.9 Å². The normalized spacial score (nSPS) is 12.5. The van der Waals surface area contributed by atoms with Crippen molar-refractivity contribution < 1.29 is 4.74 Å². The molecule has 0 saturated carbocycles. The number of hydrogen-bond donors (Lipinski definition) is 1. The Hall–Kier alpha value is -1.09. The van der Waals surface area contributed by atoms with Crippen molar-refractivity contribution in [1.29, 1.82) is 0 Å². The lowest BCUT2D eigenvalue weighted by molar-refractivity contribution is 0.215. The van der Waals surface area contributed by atoms with E-state index < -0.39 is 0 Å². The number of nitrogens with zero attached hydrogens (tertiary/aromatic N) is 1. The van der Waals surface area contributed by atoms with Gasteiger partial charge in [-0.2, -0.15) is 0 Å². The number of pyridine rings is 1. The maximum Gasteiger partial charge on any atom is 0.140 e. The van der Waals surface area contributed by atoms with Crippen molar-refractivity contribution in [3.05, 3.63) is 24.0 Å². The summed E-state index contributed by atoms with van der Waals surface area (Å²) in [7, 11) is 0. The van der Waals surface area contributed by atoms with E-state index in [4.69, 9.17) is 4.74 Å². The second kappa shape index (κ2) is 6.40. The topological polar surface area (TPSA) is 34.1 Å². The van der Waals surface area contributed by atoms with Gasteiger partial charge in [0.05, 0.1) is 5.69 Å². The van der Waals surface area contributed by atoms with Crippen LogP contribution in [-0.4, -0.2) is 24.2 Å². The molecule has 1 rings (SSSR count). The second-order valence-electron chi connectivity index (χ2n) is 3.72. The highest BCUT2D eigenvalue weighted by molar-refractivity contribution is 5.25. The zero-order valence-electron chi connectivity index (χ0n) is 9.79. The number of rotatable bonds is 6. The Morgan fingerprint density at radius 2 is 2.33 bits per heavy atom. The van der Waals surface area contributed by atoms with Crippen molar-refractivity contribution in [2.45, 2.75) is 33.3 Å². The van der Waals surface area contributed by atoms with Crippen molar-refractivity contribution in [3.8, 4) is 5.75 Å². The third-order valence-corrected chi connectivity index (χ3v) is 2.15. The zero-order valence-corrected chi connectivity index (χ0v) is 9.79. The predicted molar refractivity (Wildman–Crippen MR) is 62.2 cm³/mol. The minimum atomic E-state index is 0.180. The van der Waals surface area contributed by atoms with Crippen LogP contribution in [0.3, 0.4) is 0 Å².